The number of anilines is 1. The molecule has 1 aliphatic carbocycles. The second kappa shape index (κ2) is 13.1. The fourth-order valence-electron chi connectivity index (χ4n) is 6.26. The van der Waals surface area contributed by atoms with E-state index < -0.39 is 17.6 Å². The molecule has 0 radical (unpaired) electrons. The molecule has 13 heteroatoms. The van der Waals surface area contributed by atoms with Gasteiger partial charge in [-0.15, -0.1) is 0 Å². The Balaban J connectivity index is 1.05. The van der Waals surface area contributed by atoms with Gasteiger partial charge in [-0.1, -0.05) is 11.6 Å². The predicted octanol–water partition coefficient (Wildman–Crippen LogP) is 5.71. The standard InChI is InChI=1S/C33H35ClF2N6O4/c34-22-3-4-28(25(35)15-22)46-19-29-37-9-5-30(38-29)41(16-20-1-2-20)23-6-10-40(11-7-23)18-31-39-32-26(36)13-21(33(43)44)14-27(32)42(31)17-24-8-12-45-24/h3-5,9,13-15,20,23-24H,1-2,6-8,10-12,16-19H2,(H,43,44). The van der Waals surface area contributed by atoms with Gasteiger partial charge < -0.3 is 24.0 Å². The van der Waals surface area contributed by atoms with Crippen LogP contribution in [0.2, 0.25) is 5.02 Å². The number of piperidine rings is 1. The number of fused-ring (bicyclic) bond motifs is 1. The molecule has 10 nitrogen and oxygen atoms in total. The third-order valence-corrected chi connectivity index (χ3v) is 9.30. The lowest BCUT2D eigenvalue weighted by molar-refractivity contribution is -0.0592. The maximum absolute atomic E-state index is 15.0. The van der Waals surface area contributed by atoms with E-state index in [9.17, 15) is 18.7 Å². The zero-order valence-corrected chi connectivity index (χ0v) is 26.0. The van der Waals surface area contributed by atoms with Crippen LogP contribution < -0.4 is 9.64 Å². The van der Waals surface area contributed by atoms with Gasteiger partial charge in [0.05, 0.1) is 30.3 Å². The Morgan fingerprint density at radius 3 is 2.57 bits per heavy atom. The summed E-state index contributed by atoms with van der Waals surface area (Å²) in [6.07, 6.45) is 6.84. The van der Waals surface area contributed by atoms with Crippen molar-refractivity contribution in [3.63, 3.8) is 0 Å². The molecule has 1 unspecified atom stereocenters. The van der Waals surface area contributed by atoms with Gasteiger partial charge in [-0.2, -0.15) is 0 Å². The molecule has 46 heavy (non-hydrogen) atoms. The Hall–Kier alpha value is -3.87. The van der Waals surface area contributed by atoms with Crippen LogP contribution in [0, 0.1) is 17.6 Å². The molecule has 1 atom stereocenters. The zero-order chi connectivity index (χ0) is 31.8. The van der Waals surface area contributed by atoms with Crippen LogP contribution in [-0.2, 0) is 24.4 Å². The van der Waals surface area contributed by atoms with Crippen molar-refractivity contribution < 1.29 is 28.2 Å². The Morgan fingerprint density at radius 1 is 1.07 bits per heavy atom. The predicted molar refractivity (Wildman–Crippen MR) is 167 cm³/mol. The average Bonchev–Trinajstić information content (AvgIpc) is 3.78. The number of carbonyl (C=O) groups is 1. The molecular formula is C33H35ClF2N6O4. The van der Waals surface area contributed by atoms with Crippen molar-refractivity contribution in [2.75, 3.05) is 31.1 Å². The summed E-state index contributed by atoms with van der Waals surface area (Å²) in [5.41, 5.74) is 0.572. The smallest absolute Gasteiger partial charge is 0.335 e. The lowest BCUT2D eigenvalue weighted by Crippen LogP contribution is -2.46. The summed E-state index contributed by atoms with van der Waals surface area (Å²) >= 11 is 5.86. The lowest BCUT2D eigenvalue weighted by atomic mass is 10.0. The van der Waals surface area contributed by atoms with Crippen LogP contribution in [-0.4, -0.2) is 73.9 Å². The minimum atomic E-state index is -1.17. The highest BCUT2D eigenvalue weighted by atomic mass is 35.5. The van der Waals surface area contributed by atoms with Gasteiger partial charge in [-0.05, 0) is 74.4 Å². The minimum Gasteiger partial charge on any atom is -0.483 e. The fraction of sp³-hybridized carbons (Fsp3) is 0.455. The fourth-order valence-corrected chi connectivity index (χ4v) is 6.42. The molecule has 7 rings (SSSR count). The third-order valence-electron chi connectivity index (χ3n) is 9.06. The van der Waals surface area contributed by atoms with Crippen molar-refractivity contribution in [3.8, 4) is 5.75 Å². The largest absolute Gasteiger partial charge is 0.483 e. The number of imidazole rings is 1. The maximum atomic E-state index is 15.0. The first-order chi connectivity index (χ1) is 22.3. The summed E-state index contributed by atoms with van der Waals surface area (Å²) in [5, 5.41) is 9.82. The van der Waals surface area contributed by atoms with Crippen LogP contribution in [0.3, 0.4) is 0 Å². The second-order valence-corrected chi connectivity index (χ2v) is 12.8. The summed E-state index contributed by atoms with van der Waals surface area (Å²) in [5.74, 6) is 0.402. The Morgan fingerprint density at radius 2 is 1.87 bits per heavy atom. The first kappa shape index (κ1) is 30.8. The molecule has 4 aromatic rings. The van der Waals surface area contributed by atoms with Crippen molar-refractivity contribution in [2.24, 2.45) is 5.92 Å². The monoisotopic (exact) mass is 652 g/mol. The van der Waals surface area contributed by atoms with E-state index in [4.69, 9.17) is 26.1 Å². The molecule has 0 amide bonds. The van der Waals surface area contributed by atoms with Crippen LogP contribution >= 0.6 is 11.6 Å². The summed E-state index contributed by atoms with van der Waals surface area (Å²) < 4.78 is 42.5. The van der Waals surface area contributed by atoms with Crippen LogP contribution in [0.5, 0.6) is 5.75 Å². The van der Waals surface area contributed by atoms with Gasteiger partial charge in [0.25, 0.3) is 0 Å². The number of hydrogen-bond acceptors (Lipinski definition) is 8. The Kier molecular flexibility index (Phi) is 8.76. The maximum Gasteiger partial charge on any atom is 0.335 e. The van der Waals surface area contributed by atoms with Crippen LogP contribution in [0.4, 0.5) is 14.6 Å². The molecule has 0 bridgehead atoms. The summed E-state index contributed by atoms with van der Waals surface area (Å²) in [6.45, 7) is 4.29. The first-order valence-electron chi connectivity index (χ1n) is 15.7. The van der Waals surface area contributed by atoms with E-state index in [-0.39, 0.29) is 35.6 Å². The average molecular weight is 653 g/mol. The number of carboxylic acid groups (broad SMARTS) is 1. The van der Waals surface area contributed by atoms with Crippen molar-refractivity contribution >= 4 is 34.4 Å². The van der Waals surface area contributed by atoms with Crippen molar-refractivity contribution in [1.29, 1.82) is 0 Å². The highest BCUT2D eigenvalue weighted by molar-refractivity contribution is 6.30. The lowest BCUT2D eigenvalue weighted by Gasteiger charge is -2.39. The second-order valence-electron chi connectivity index (χ2n) is 12.3. The molecule has 1 N–H and O–H groups in total. The van der Waals surface area contributed by atoms with Crippen molar-refractivity contribution in [3.05, 3.63) is 76.5 Å². The topological polar surface area (TPSA) is 106 Å². The number of rotatable bonds is 12. The zero-order valence-electron chi connectivity index (χ0n) is 25.2. The van der Waals surface area contributed by atoms with Gasteiger partial charge in [0.1, 0.15) is 23.8 Å². The SMILES string of the molecule is O=C(O)c1cc(F)c2nc(CN3CCC(N(CC4CC4)c4ccnc(COc5ccc(Cl)cc5F)n4)CC3)n(CC3CCO3)c2c1. The van der Waals surface area contributed by atoms with Crippen molar-refractivity contribution in [1.82, 2.24) is 24.4 Å². The number of aromatic carboxylic acids is 1. The van der Waals surface area contributed by atoms with Crippen LogP contribution in [0.25, 0.3) is 11.0 Å². The summed E-state index contributed by atoms with van der Waals surface area (Å²) in [6, 6.07) is 9.01. The third kappa shape index (κ3) is 6.79. The van der Waals surface area contributed by atoms with Crippen LogP contribution in [0.1, 0.15) is 54.1 Å². The minimum absolute atomic E-state index is 0.00257. The highest BCUT2D eigenvalue weighted by Crippen LogP contribution is 2.34. The van der Waals surface area contributed by atoms with Gasteiger partial charge in [-0.25, -0.2) is 28.5 Å². The molecule has 2 saturated heterocycles. The molecule has 1 saturated carbocycles. The van der Waals surface area contributed by atoms with E-state index in [2.05, 4.69) is 19.8 Å². The molecule has 4 heterocycles. The number of carboxylic acids is 1. The first-order valence-corrected chi connectivity index (χ1v) is 16.1. The van der Waals surface area contributed by atoms with E-state index in [0.29, 0.717) is 47.8 Å². The van der Waals surface area contributed by atoms with E-state index in [1.165, 1.54) is 31.0 Å². The molecule has 0 spiro atoms. The van der Waals surface area contributed by atoms with E-state index in [1.807, 2.05) is 10.6 Å². The number of benzene rings is 2. The highest BCUT2D eigenvalue weighted by Gasteiger charge is 2.32. The Labute approximate surface area is 269 Å². The molecule has 2 aliphatic heterocycles. The Bertz CT molecular complexity index is 1740. The van der Waals surface area contributed by atoms with Crippen molar-refractivity contribution in [2.45, 2.75) is 63.9 Å². The van der Waals surface area contributed by atoms with Gasteiger partial charge in [0.15, 0.2) is 23.2 Å². The molecule has 2 aromatic heterocycles. The number of likely N-dealkylation sites (tertiary alicyclic amines) is 1. The molecular weight excluding hydrogens is 618 g/mol. The van der Waals surface area contributed by atoms with E-state index in [1.54, 1.807) is 12.3 Å². The summed E-state index contributed by atoms with van der Waals surface area (Å²) in [4.78, 5) is 30.2. The molecule has 2 aromatic carbocycles. The molecule has 3 aliphatic rings. The van der Waals surface area contributed by atoms with Gasteiger partial charge in [0.2, 0.25) is 0 Å². The number of ether oxygens (including phenoxy) is 2. The number of aromatic nitrogens is 4. The number of halogens is 3. The molecule has 3 fully saturated rings. The quantitative estimate of drug-likeness (QED) is 0.206. The van der Waals surface area contributed by atoms with Gasteiger partial charge in [0, 0.05) is 43.5 Å². The van der Waals surface area contributed by atoms with E-state index in [0.717, 1.165) is 50.8 Å². The normalized spacial score (nSPS) is 18.9. The van der Waals surface area contributed by atoms with Gasteiger partial charge in [-0.3, -0.25) is 4.90 Å². The number of hydrogen-bond donors (Lipinski definition) is 1. The number of nitrogens with zero attached hydrogens (tertiary/aromatic N) is 6. The molecule has 242 valence electrons. The van der Waals surface area contributed by atoms with E-state index >= 15 is 0 Å². The van der Waals surface area contributed by atoms with Gasteiger partial charge >= 0.3 is 5.97 Å². The summed E-state index contributed by atoms with van der Waals surface area (Å²) in [7, 11) is 0. The van der Waals surface area contributed by atoms with Crippen LogP contribution in [0.15, 0.2) is 42.6 Å².